The van der Waals surface area contributed by atoms with Crippen LogP contribution in [0.1, 0.15) is 53.6 Å². The molecule has 1 aromatic heterocycles. The van der Waals surface area contributed by atoms with Gasteiger partial charge in [0.25, 0.3) is 0 Å². The van der Waals surface area contributed by atoms with Gasteiger partial charge >= 0.3 is 0 Å². The van der Waals surface area contributed by atoms with Crippen molar-refractivity contribution in [3.05, 3.63) is 21.9 Å². The molecule has 84 valence electrons. The number of hydrogen-bond acceptors (Lipinski definition) is 1. The molecule has 1 unspecified atom stereocenters. The zero-order chi connectivity index (χ0) is 10.7. The molecule has 0 radical (unpaired) electrons. The Balaban J connectivity index is 2.02. The van der Waals surface area contributed by atoms with Crippen molar-refractivity contribution in [3.63, 3.8) is 0 Å². The van der Waals surface area contributed by atoms with Crippen LogP contribution in [0.15, 0.2) is 12.1 Å². The molecule has 1 fully saturated rings. The summed E-state index contributed by atoms with van der Waals surface area (Å²) < 4.78 is 0. The lowest BCUT2D eigenvalue weighted by Gasteiger charge is -2.25. The average molecular weight is 287 g/mol. The van der Waals surface area contributed by atoms with E-state index >= 15 is 0 Å². The van der Waals surface area contributed by atoms with Crippen molar-refractivity contribution in [2.75, 3.05) is 0 Å². The zero-order valence-corrected chi connectivity index (χ0v) is 11.7. The first kappa shape index (κ1) is 11.7. The molecule has 0 saturated heterocycles. The highest BCUT2D eigenvalue weighted by molar-refractivity contribution is 9.09. The molecule has 0 nitrogen and oxygen atoms in total. The maximum atomic E-state index is 3.90. The van der Waals surface area contributed by atoms with Crippen LogP contribution in [0.2, 0.25) is 0 Å². The van der Waals surface area contributed by atoms with Crippen molar-refractivity contribution in [2.24, 2.45) is 5.92 Å². The molecule has 2 heteroatoms. The van der Waals surface area contributed by atoms with Crippen molar-refractivity contribution in [2.45, 2.75) is 50.3 Å². The molecule has 1 aliphatic rings. The summed E-state index contributed by atoms with van der Waals surface area (Å²) in [6.07, 6.45) is 8.30. The van der Waals surface area contributed by atoms with Crippen molar-refractivity contribution in [1.29, 1.82) is 0 Å². The van der Waals surface area contributed by atoms with E-state index < -0.39 is 0 Å². The van der Waals surface area contributed by atoms with Gasteiger partial charge in [0.1, 0.15) is 0 Å². The fraction of sp³-hybridized carbons (Fsp3) is 0.692. The Kier molecular flexibility index (Phi) is 4.27. The Morgan fingerprint density at radius 2 is 2.07 bits per heavy atom. The first-order valence-electron chi connectivity index (χ1n) is 6.04. The van der Waals surface area contributed by atoms with Gasteiger partial charge < -0.3 is 0 Å². The maximum Gasteiger partial charge on any atom is 0.0517 e. The molecule has 0 aromatic carbocycles. The number of aryl methyl sites for hydroxylation is 1. The number of halogens is 1. The van der Waals surface area contributed by atoms with E-state index in [1.54, 1.807) is 4.88 Å². The van der Waals surface area contributed by atoms with Crippen LogP contribution in [-0.2, 0) is 6.42 Å². The molecule has 0 amide bonds. The molecular weight excluding hydrogens is 268 g/mol. The molecule has 0 bridgehead atoms. The molecule has 0 N–H and O–H groups in total. The van der Waals surface area contributed by atoms with Crippen molar-refractivity contribution < 1.29 is 0 Å². The summed E-state index contributed by atoms with van der Waals surface area (Å²) in [5.74, 6) is 0.877. The minimum Gasteiger partial charge on any atom is -0.144 e. The van der Waals surface area contributed by atoms with Gasteiger partial charge in [0, 0.05) is 9.75 Å². The molecule has 1 aromatic rings. The largest absolute Gasteiger partial charge is 0.144 e. The van der Waals surface area contributed by atoms with Crippen LogP contribution >= 0.6 is 27.3 Å². The minimum absolute atomic E-state index is 0.614. The molecule has 0 spiro atoms. The van der Waals surface area contributed by atoms with E-state index in [0.29, 0.717) is 4.83 Å². The lowest BCUT2D eigenvalue weighted by molar-refractivity contribution is 0.356. The highest BCUT2D eigenvalue weighted by Gasteiger charge is 2.23. The van der Waals surface area contributed by atoms with Crippen molar-refractivity contribution in [1.82, 2.24) is 0 Å². The van der Waals surface area contributed by atoms with Gasteiger partial charge in [0.2, 0.25) is 0 Å². The standard InChI is InChI=1S/C13H19BrS/c1-2-11-8-9-12(15-11)13(14)10-6-4-3-5-7-10/h8-10,13H,2-7H2,1H3. The van der Waals surface area contributed by atoms with Gasteiger partial charge in [-0.3, -0.25) is 0 Å². The second kappa shape index (κ2) is 5.49. The minimum atomic E-state index is 0.614. The van der Waals surface area contributed by atoms with Crippen LogP contribution < -0.4 is 0 Å². The van der Waals surface area contributed by atoms with E-state index in [1.807, 2.05) is 11.3 Å². The predicted octanol–water partition coefficient (Wildman–Crippen LogP) is 5.33. The van der Waals surface area contributed by atoms with E-state index in [0.717, 1.165) is 5.92 Å². The van der Waals surface area contributed by atoms with Gasteiger partial charge in [0.05, 0.1) is 4.83 Å². The third-order valence-electron chi connectivity index (χ3n) is 3.37. The SMILES string of the molecule is CCc1ccc(C(Br)C2CCCCC2)s1. The highest BCUT2D eigenvalue weighted by atomic mass is 79.9. The Morgan fingerprint density at radius 1 is 1.33 bits per heavy atom. The normalized spacial score (nSPS) is 20.4. The summed E-state index contributed by atoms with van der Waals surface area (Å²) in [6, 6.07) is 4.61. The van der Waals surface area contributed by atoms with E-state index in [2.05, 4.69) is 35.0 Å². The van der Waals surface area contributed by atoms with E-state index in [4.69, 9.17) is 0 Å². The summed E-state index contributed by atoms with van der Waals surface area (Å²) in [5.41, 5.74) is 0. The van der Waals surface area contributed by atoms with Crippen LogP contribution in [-0.4, -0.2) is 0 Å². The van der Waals surface area contributed by atoms with Gasteiger partial charge in [-0.2, -0.15) is 0 Å². The Bertz CT molecular complexity index is 299. The van der Waals surface area contributed by atoms with Crippen LogP contribution in [0.3, 0.4) is 0 Å². The van der Waals surface area contributed by atoms with Crippen LogP contribution in [0.5, 0.6) is 0 Å². The van der Waals surface area contributed by atoms with Crippen molar-refractivity contribution >= 4 is 27.3 Å². The van der Waals surface area contributed by atoms with Gasteiger partial charge in [-0.1, -0.05) is 42.1 Å². The van der Waals surface area contributed by atoms with Crippen LogP contribution in [0.25, 0.3) is 0 Å². The van der Waals surface area contributed by atoms with Gasteiger partial charge in [-0.05, 0) is 37.3 Å². The summed E-state index contributed by atoms with van der Waals surface area (Å²) in [5, 5.41) is 0. The number of alkyl halides is 1. The topological polar surface area (TPSA) is 0 Å². The Labute approximate surface area is 105 Å². The lowest BCUT2D eigenvalue weighted by Crippen LogP contribution is -2.10. The molecule has 1 heterocycles. The second-order valence-electron chi connectivity index (χ2n) is 4.46. The van der Waals surface area contributed by atoms with Crippen LogP contribution in [0, 0.1) is 5.92 Å². The lowest BCUT2D eigenvalue weighted by atomic mass is 9.86. The number of thiophene rings is 1. The predicted molar refractivity (Wildman–Crippen MR) is 71.9 cm³/mol. The Hall–Kier alpha value is 0.180. The molecule has 15 heavy (non-hydrogen) atoms. The fourth-order valence-corrected chi connectivity index (χ4v) is 4.38. The Morgan fingerprint density at radius 3 is 2.67 bits per heavy atom. The van der Waals surface area contributed by atoms with E-state index in [1.165, 1.54) is 43.4 Å². The molecule has 0 aliphatic heterocycles. The number of rotatable bonds is 3. The van der Waals surface area contributed by atoms with Gasteiger partial charge in [-0.25, -0.2) is 0 Å². The third-order valence-corrected chi connectivity index (χ3v) is 6.22. The summed E-state index contributed by atoms with van der Waals surface area (Å²) >= 11 is 5.89. The first-order valence-corrected chi connectivity index (χ1v) is 7.77. The first-order chi connectivity index (χ1) is 7.31. The monoisotopic (exact) mass is 286 g/mol. The fourth-order valence-electron chi connectivity index (χ4n) is 2.39. The molecule has 1 atom stereocenters. The van der Waals surface area contributed by atoms with E-state index in [-0.39, 0.29) is 0 Å². The zero-order valence-electron chi connectivity index (χ0n) is 9.34. The van der Waals surface area contributed by atoms with Crippen LogP contribution in [0.4, 0.5) is 0 Å². The maximum absolute atomic E-state index is 3.90. The molecule has 1 aliphatic carbocycles. The smallest absolute Gasteiger partial charge is 0.0517 e. The average Bonchev–Trinajstić information content (AvgIpc) is 2.78. The summed E-state index contributed by atoms with van der Waals surface area (Å²) in [4.78, 5) is 3.67. The third kappa shape index (κ3) is 2.85. The second-order valence-corrected chi connectivity index (χ2v) is 6.64. The summed E-state index contributed by atoms with van der Waals surface area (Å²) in [7, 11) is 0. The molecular formula is C13H19BrS. The summed E-state index contributed by atoms with van der Waals surface area (Å²) in [6.45, 7) is 2.24. The quantitative estimate of drug-likeness (QED) is 0.659. The molecule has 2 rings (SSSR count). The van der Waals surface area contributed by atoms with Gasteiger partial charge in [-0.15, -0.1) is 11.3 Å². The highest BCUT2D eigenvalue weighted by Crippen LogP contribution is 2.42. The van der Waals surface area contributed by atoms with Gasteiger partial charge in [0.15, 0.2) is 0 Å². The number of hydrogen-bond donors (Lipinski definition) is 0. The molecule has 1 saturated carbocycles. The van der Waals surface area contributed by atoms with E-state index in [9.17, 15) is 0 Å². The van der Waals surface area contributed by atoms with Crippen molar-refractivity contribution in [3.8, 4) is 0 Å².